The van der Waals surface area contributed by atoms with E-state index < -0.39 is 0 Å². The van der Waals surface area contributed by atoms with Crippen LogP contribution < -0.4 is 0 Å². The van der Waals surface area contributed by atoms with E-state index in [1.165, 1.54) is 29.5 Å². The van der Waals surface area contributed by atoms with Gasteiger partial charge in [0.05, 0.1) is 6.10 Å². The van der Waals surface area contributed by atoms with E-state index in [1.54, 1.807) is 0 Å². The Morgan fingerprint density at radius 3 is 2.53 bits per heavy atom. The summed E-state index contributed by atoms with van der Waals surface area (Å²) in [7, 11) is 2.22. The number of hydrogen-bond donors (Lipinski definition) is 1. The first-order valence-corrected chi connectivity index (χ1v) is 7.47. The maximum absolute atomic E-state index is 9.55. The van der Waals surface area contributed by atoms with Gasteiger partial charge in [-0.3, -0.25) is 0 Å². The van der Waals surface area contributed by atoms with Crippen molar-refractivity contribution in [2.45, 2.75) is 52.2 Å². The Hall–Kier alpha value is -0.860. The number of aliphatic hydroxyl groups is 1. The zero-order chi connectivity index (χ0) is 13.8. The minimum Gasteiger partial charge on any atom is -0.393 e. The summed E-state index contributed by atoms with van der Waals surface area (Å²) in [5.41, 5.74) is 4.17. The zero-order valence-corrected chi connectivity index (χ0v) is 12.5. The standard InChI is InChI=1S/C17H27NO/c1-13-4-5-14(2)16(10-13)12-18(3)11-15-6-8-17(19)9-7-15/h4-5,10,15,17,19H,6-9,11-12H2,1-3H3. The Bertz CT molecular complexity index is 408. The average molecular weight is 261 g/mol. The summed E-state index contributed by atoms with van der Waals surface area (Å²) in [6.45, 7) is 6.54. The third-order valence-electron chi connectivity index (χ3n) is 4.33. The van der Waals surface area contributed by atoms with Gasteiger partial charge >= 0.3 is 0 Å². The minimum atomic E-state index is -0.0411. The Morgan fingerprint density at radius 1 is 1.16 bits per heavy atom. The summed E-state index contributed by atoms with van der Waals surface area (Å²) in [6.07, 6.45) is 4.29. The van der Waals surface area contributed by atoms with E-state index in [-0.39, 0.29) is 6.10 Å². The Labute approximate surface area is 117 Å². The molecule has 0 aromatic heterocycles. The van der Waals surface area contributed by atoms with Crippen molar-refractivity contribution in [1.29, 1.82) is 0 Å². The summed E-state index contributed by atoms with van der Waals surface area (Å²) in [4.78, 5) is 2.43. The van der Waals surface area contributed by atoms with Crippen LogP contribution in [0.2, 0.25) is 0 Å². The molecular formula is C17H27NO. The van der Waals surface area contributed by atoms with Gasteiger partial charge in [-0.25, -0.2) is 0 Å². The van der Waals surface area contributed by atoms with Crippen molar-refractivity contribution in [3.05, 3.63) is 34.9 Å². The quantitative estimate of drug-likeness (QED) is 0.899. The number of nitrogens with zero attached hydrogens (tertiary/aromatic N) is 1. The van der Waals surface area contributed by atoms with Crippen molar-refractivity contribution >= 4 is 0 Å². The molecule has 2 nitrogen and oxygen atoms in total. The summed E-state index contributed by atoms with van der Waals surface area (Å²) in [6, 6.07) is 6.70. The van der Waals surface area contributed by atoms with Gasteiger partial charge in [-0.15, -0.1) is 0 Å². The molecule has 0 atom stereocenters. The SMILES string of the molecule is Cc1ccc(C)c(CN(C)CC2CCC(O)CC2)c1. The number of rotatable bonds is 4. The molecule has 0 heterocycles. The van der Waals surface area contributed by atoms with Crippen LogP contribution in [-0.2, 0) is 6.54 Å². The van der Waals surface area contributed by atoms with Crippen LogP contribution >= 0.6 is 0 Å². The molecule has 1 N–H and O–H groups in total. The molecule has 0 saturated heterocycles. The van der Waals surface area contributed by atoms with E-state index in [4.69, 9.17) is 0 Å². The highest BCUT2D eigenvalue weighted by Crippen LogP contribution is 2.25. The van der Waals surface area contributed by atoms with Crippen LogP contribution in [0.4, 0.5) is 0 Å². The van der Waals surface area contributed by atoms with Crippen LogP contribution in [0.1, 0.15) is 42.4 Å². The van der Waals surface area contributed by atoms with Gasteiger partial charge in [0.2, 0.25) is 0 Å². The molecule has 106 valence electrons. The summed E-state index contributed by atoms with van der Waals surface area (Å²) < 4.78 is 0. The smallest absolute Gasteiger partial charge is 0.0540 e. The number of benzene rings is 1. The number of aryl methyl sites for hydroxylation is 2. The largest absolute Gasteiger partial charge is 0.393 e. The highest BCUT2D eigenvalue weighted by Gasteiger charge is 2.20. The van der Waals surface area contributed by atoms with Gasteiger partial charge in [0, 0.05) is 13.1 Å². The van der Waals surface area contributed by atoms with E-state index in [2.05, 4.69) is 44.0 Å². The van der Waals surface area contributed by atoms with Crippen LogP contribution in [0.25, 0.3) is 0 Å². The van der Waals surface area contributed by atoms with Crippen LogP contribution in [-0.4, -0.2) is 29.7 Å². The van der Waals surface area contributed by atoms with Crippen LogP contribution in [0.15, 0.2) is 18.2 Å². The molecule has 1 fully saturated rings. The molecule has 1 aromatic rings. The molecular weight excluding hydrogens is 234 g/mol. The fraction of sp³-hybridized carbons (Fsp3) is 0.647. The van der Waals surface area contributed by atoms with Crippen molar-refractivity contribution in [2.24, 2.45) is 5.92 Å². The topological polar surface area (TPSA) is 23.5 Å². The highest BCUT2D eigenvalue weighted by molar-refractivity contribution is 5.30. The van der Waals surface area contributed by atoms with Gasteiger partial charge in [0.1, 0.15) is 0 Å². The second-order valence-electron chi connectivity index (χ2n) is 6.30. The Morgan fingerprint density at radius 2 is 1.84 bits per heavy atom. The van der Waals surface area contributed by atoms with Crippen molar-refractivity contribution in [1.82, 2.24) is 4.90 Å². The predicted molar refractivity (Wildman–Crippen MR) is 80.2 cm³/mol. The molecule has 2 rings (SSSR count). The van der Waals surface area contributed by atoms with E-state index in [1.807, 2.05) is 0 Å². The molecule has 0 bridgehead atoms. The van der Waals surface area contributed by atoms with E-state index >= 15 is 0 Å². The van der Waals surface area contributed by atoms with Gasteiger partial charge in [-0.05, 0) is 63.6 Å². The molecule has 2 heteroatoms. The van der Waals surface area contributed by atoms with Crippen LogP contribution in [0.5, 0.6) is 0 Å². The molecule has 0 amide bonds. The van der Waals surface area contributed by atoms with E-state index in [9.17, 15) is 5.11 Å². The maximum atomic E-state index is 9.55. The van der Waals surface area contributed by atoms with Crippen molar-refractivity contribution in [3.8, 4) is 0 Å². The van der Waals surface area contributed by atoms with Crippen LogP contribution in [0.3, 0.4) is 0 Å². The zero-order valence-electron chi connectivity index (χ0n) is 12.5. The lowest BCUT2D eigenvalue weighted by molar-refractivity contribution is 0.0967. The lowest BCUT2D eigenvalue weighted by Crippen LogP contribution is -2.29. The summed E-state index contributed by atoms with van der Waals surface area (Å²) >= 11 is 0. The third kappa shape index (κ3) is 4.32. The summed E-state index contributed by atoms with van der Waals surface area (Å²) in [5.74, 6) is 0.763. The predicted octanol–water partition coefficient (Wildman–Crippen LogP) is 3.29. The first-order valence-electron chi connectivity index (χ1n) is 7.47. The van der Waals surface area contributed by atoms with Gasteiger partial charge in [-0.2, -0.15) is 0 Å². The van der Waals surface area contributed by atoms with Gasteiger partial charge in [0.15, 0.2) is 0 Å². The average Bonchev–Trinajstić information content (AvgIpc) is 2.37. The lowest BCUT2D eigenvalue weighted by atomic mass is 9.87. The fourth-order valence-corrected chi connectivity index (χ4v) is 3.09. The third-order valence-corrected chi connectivity index (χ3v) is 4.33. The monoisotopic (exact) mass is 261 g/mol. The summed E-state index contributed by atoms with van der Waals surface area (Å²) in [5, 5.41) is 9.55. The second kappa shape index (κ2) is 6.53. The molecule has 0 unspecified atom stereocenters. The molecule has 0 aliphatic heterocycles. The van der Waals surface area contributed by atoms with Crippen LogP contribution in [0, 0.1) is 19.8 Å². The molecule has 1 aliphatic rings. The molecule has 1 aliphatic carbocycles. The fourth-order valence-electron chi connectivity index (χ4n) is 3.09. The van der Waals surface area contributed by atoms with Gasteiger partial charge < -0.3 is 10.0 Å². The minimum absolute atomic E-state index is 0.0411. The Balaban J connectivity index is 1.87. The lowest BCUT2D eigenvalue weighted by Gasteiger charge is -2.29. The normalized spacial score (nSPS) is 23.8. The second-order valence-corrected chi connectivity index (χ2v) is 6.30. The van der Waals surface area contributed by atoms with E-state index in [0.717, 1.165) is 31.8 Å². The molecule has 0 radical (unpaired) electrons. The van der Waals surface area contributed by atoms with Gasteiger partial charge in [0.25, 0.3) is 0 Å². The molecule has 0 spiro atoms. The first-order chi connectivity index (χ1) is 9.04. The van der Waals surface area contributed by atoms with E-state index in [0.29, 0.717) is 0 Å². The molecule has 1 aromatic carbocycles. The van der Waals surface area contributed by atoms with Crippen molar-refractivity contribution in [3.63, 3.8) is 0 Å². The van der Waals surface area contributed by atoms with Crippen molar-refractivity contribution < 1.29 is 5.11 Å². The first kappa shape index (κ1) is 14.5. The maximum Gasteiger partial charge on any atom is 0.0540 e. The number of hydrogen-bond acceptors (Lipinski definition) is 2. The molecule has 1 saturated carbocycles. The van der Waals surface area contributed by atoms with Gasteiger partial charge in [-0.1, -0.05) is 23.8 Å². The highest BCUT2D eigenvalue weighted by atomic mass is 16.3. The van der Waals surface area contributed by atoms with Crippen molar-refractivity contribution in [2.75, 3.05) is 13.6 Å². The number of aliphatic hydroxyl groups excluding tert-OH is 1. The molecule has 19 heavy (non-hydrogen) atoms. The Kier molecular flexibility index (Phi) is 5.00.